The molecule has 0 aliphatic rings. The van der Waals surface area contributed by atoms with Gasteiger partial charge in [0.25, 0.3) is 5.91 Å². The highest BCUT2D eigenvalue weighted by molar-refractivity contribution is 9.10. The first-order chi connectivity index (χ1) is 15.6. The Morgan fingerprint density at radius 2 is 1.66 bits per heavy atom. The van der Waals surface area contributed by atoms with Crippen LogP contribution in [0.1, 0.15) is 46.0 Å². The molecule has 0 radical (unpaired) electrons. The number of hydrazone groups is 1. The first kappa shape index (κ1) is 23.2. The van der Waals surface area contributed by atoms with E-state index in [1.54, 1.807) is 66.7 Å². The van der Waals surface area contributed by atoms with Crippen molar-refractivity contribution in [2.24, 2.45) is 5.10 Å². The molecule has 0 bridgehead atoms. The Bertz CT molecular complexity index is 1080. The molecule has 0 fully saturated rings. The molecule has 32 heavy (non-hydrogen) atoms. The van der Waals surface area contributed by atoms with Crippen LogP contribution in [0.15, 0.2) is 82.4 Å². The van der Waals surface area contributed by atoms with Crippen molar-refractivity contribution in [2.75, 3.05) is 6.61 Å². The first-order valence-corrected chi connectivity index (χ1v) is 11.0. The molecule has 6 nitrogen and oxygen atoms in total. The molecule has 3 aromatic carbocycles. The molecule has 0 unspecified atom stereocenters. The second-order valence-electron chi connectivity index (χ2n) is 6.86. The zero-order valence-corrected chi connectivity index (χ0v) is 19.2. The van der Waals surface area contributed by atoms with Crippen LogP contribution in [0, 0.1) is 0 Å². The molecule has 3 rings (SSSR count). The van der Waals surface area contributed by atoms with Gasteiger partial charge in [0.2, 0.25) is 0 Å². The highest BCUT2D eigenvalue weighted by Crippen LogP contribution is 2.17. The van der Waals surface area contributed by atoms with Crippen molar-refractivity contribution in [1.29, 1.82) is 0 Å². The molecule has 0 heterocycles. The Kier molecular flexibility index (Phi) is 8.57. The Hall–Kier alpha value is -3.45. The molecule has 0 atom stereocenters. The predicted molar refractivity (Wildman–Crippen MR) is 127 cm³/mol. The van der Waals surface area contributed by atoms with Crippen LogP contribution in [0.3, 0.4) is 0 Å². The maximum absolute atomic E-state index is 12.3. The topological polar surface area (TPSA) is 77.0 Å². The standard InChI is InChI=1S/C25H23BrN2O4/c1-2-3-16-31-20-14-10-19(11-15-20)25(30)32-21-12-8-18(9-13-21)17-27-28-24(29)22-6-4-5-7-23(22)26/h4-15,17H,2-3,16H2,1H3,(H,28,29)/b27-17+. The third-order valence-electron chi connectivity index (χ3n) is 4.45. The van der Waals surface area contributed by atoms with E-state index in [2.05, 4.69) is 33.4 Å². The van der Waals surface area contributed by atoms with Gasteiger partial charge in [-0.15, -0.1) is 0 Å². The van der Waals surface area contributed by atoms with E-state index < -0.39 is 5.97 Å². The maximum Gasteiger partial charge on any atom is 0.343 e. The lowest BCUT2D eigenvalue weighted by atomic mass is 10.2. The number of unbranched alkanes of at least 4 members (excludes halogenated alkanes) is 1. The summed E-state index contributed by atoms with van der Waals surface area (Å²) in [6.07, 6.45) is 3.56. The highest BCUT2D eigenvalue weighted by Gasteiger charge is 2.09. The van der Waals surface area contributed by atoms with Gasteiger partial charge in [0, 0.05) is 4.47 Å². The molecule has 7 heteroatoms. The van der Waals surface area contributed by atoms with E-state index in [-0.39, 0.29) is 5.91 Å². The van der Waals surface area contributed by atoms with Crippen molar-refractivity contribution >= 4 is 34.0 Å². The summed E-state index contributed by atoms with van der Waals surface area (Å²) in [6.45, 7) is 2.76. The van der Waals surface area contributed by atoms with Crippen LogP contribution >= 0.6 is 15.9 Å². The summed E-state index contributed by atoms with van der Waals surface area (Å²) in [4.78, 5) is 24.5. The number of carbonyl (C=O) groups is 2. The zero-order chi connectivity index (χ0) is 22.8. The molecule has 0 saturated carbocycles. The Morgan fingerprint density at radius 1 is 0.969 bits per heavy atom. The van der Waals surface area contributed by atoms with Crippen molar-refractivity contribution in [3.8, 4) is 11.5 Å². The van der Waals surface area contributed by atoms with Gasteiger partial charge in [-0.3, -0.25) is 4.79 Å². The fourth-order valence-electron chi connectivity index (χ4n) is 2.68. The number of hydrogen-bond donors (Lipinski definition) is 1. The zero-order valence-electron chi connectivity index (χ0n) is 17.6. The van der Waals surface area contributed by atoms with Crippen molar-refractivity contribution in [3.63, 3.8) is 0 Å². The number of ether oxygens (including phenoxy) is 2. The van der Waals surface area contributed by atoms with Crippen LogP contribution < -0.4 is 14.9 Å². The summed E-state index contributed by atoms with van der Waals surface area (Å²) in [5.74, 6) is 0.367. The van der Waals surface area contributed by atoms with Crippen LogP contribution in [0.2, 0.25) is 0 Å². The number of carbonyl (C=O) groups excluding carboxylic acids is 2. The number of nitrogens with zero attached hydrogens (tertiary/aromatic N) is 1. The molecule has 164 valence electrons. The van der Waals surface area contributed by atoms with E-state index in [4.69, 9.17) is 9.47 Å². The van der Waals surface area contributed by atoms with Crippen LogP contribution in [0.25, 0.3) is 0 Å². The lowest BCUT2D eigenvalue weighted by Crippen LogP contribution is -2.18. The average Bonchev–Trinajstić information content (AvgIpc) is 2.81. The summed E-state index contributed by atoms with van der Waals surface area (Å²) in [5, 5.41) is 3.97. The van der Waals surface area contributed by atoms with Gasteiger partial charge in [0.1, 0.15) is 11.5 Å². The van der Waals surface area contributed by atoms with Crippen LogP contribution in [-0.2, 0) is 0 Å². The van der Waals surface area contributed by atoms with Crippen molar-refractivity contribution in [1.82, 2.24) is 5.43 Å². The second-order valence-corrected chi connectivity index (χ2v) is 7.72. The molecule has 1 amide bonds. The van der Waals surface area contributed by atoms with E-state index in [9.17, 15) is 9.59 Å². The van der Waals surface area contributed by atoms with E-state index in [1.165, 1.54) is 6.21 Å². The minimum Gasteiger partial charge on any atom is -0.494 e. The van der Waals surface area contributed by atoms with Gasteiger partial charge >= 0.3 is 5.97 Å². The van der Waals surface area contributed by atoms with Gasteiger partial charge in [0.05, 0.1) is 23.9 Å². The number of hydrogen-bond acceptors (Lipinski definition) is 5. The largest absolute Gasteiger partial charge is 0.494 e. The summed E-state index contributed by atoms with van der Waals surface area (Å²) in [7, 11) is 0. The molecule has 1 N–H and O–H groups in total. The van der Waals surface area contributed by atoms with E-state index in [0.29, 0.717) is 28.0 Å². The average molecular weight is 495 g/mol. The Morgan fingerprint density at radius 3 is 2.34 bits per heavy atom. The Labute approximate surface area is 195 Å². The number of benzene rings is 3. The number of amides is 1. The SMILES string of the molecule is CCCCOc1ccc(C(=O)Oc2ccc(/C=N/NC(=O)c3ccccc3Br)cc2)cc1. The lowest BCUT2D eigenvalue weighted by Gasteiger charge is -2.07. The van der Waals surface area contributed by atoms with Crippen molar-refractivity contribution < 1.29 is 19.1 Å². The second kappa shape index (κ2) is 11.8. The van der Waals surface area contributed by atoms with Gasteiger partial charge in [-0.25, -0.2) is 10.2 Å². The third kappa shape index (κ3) is 6.78. The quantitative estimate of drug-likeness (QED) is 0.138. The highest BCUT2D eigenvalue weighted by atomic mass is 79.9. The van der Waals surface area contributed by atoms with Crippen LogP contribution in [-0.4, -0.2) is 24.7 Å². The van der Waals surface area contributed by atoms with Crippen molar-refractivity contribution in [3.05, 3.63) is 94.0 Å². The van der Waals surface area contributed by atoms with Gasteiger partial charge in [-0.1, -0.05) is 25.5 Å². The number of esters is 1. The normalized spacial score (nSPS) is 10.7. The number of nitrogens with one attached hydrogen (secondary N) is 1. The lowest BCUT2D eigenvalue weighted by molar-refractivity contribution is 0.0734. The molecule has 0 aromatic heterocycles. The smallest absolute Gasteiger partial charge is 0.343 e. The summed E-state index contributed by atoms with van der Waals surface area (Å²) >= 11 is 3.33. The van der Waals surface area contributed by atoms with Crippen molar-refractivity contribution in [2.45, 2.75) is 19.8 Å². The summed E-state index contributed by atoms with van der Waals surface area (Å²) in [5.41, 5.74) is 4.15. The molecule has 0 aliphatic heterocycles. The molecule has 0 spiro atoms. The molecule has 0 saturated heterocycles. The fraction of sp³-hybridized carbons (Fsp3) is 0.160. The molecular formula is C25H23BrN2O4. The number of halogens is 1. The van der Waals surface area contributed by atoms with Gasteiger partial charge < -0.3 is 9.47 Å². The monoisotopic (exact) mass is 494 g/mol. The Balaban J connectivity index is 1.52. The predicted octanol–water partition coefficient (Wildman–Crippen LogP) is 5.61. The minimum absolute atomic E-state index is 0.318. The van der Waals surface area contributed by atoms with E-state index in [0.717, 1.165) is 24.2 Å². The summed E-state index contributed by atoms with van der Waals surface area (Å²) in [6, 6.07) is 20.8. The maximum atomic E-state index is 12.3. The first-order valence-electron chi connectivity index (χ1n) is 10.2. The third-order valence-corrected chi connectivity index (χ3v) is 5.14. The number of rotatable bonds is 9. The van der Waals surface area contributed by atoms with E-state index >= 15 is 0 Å². The minimum atomic E-state index is -0.452. The fourth-order valence-corrected chi connectivity index (χ4v) is 3.15. The summed E-state index contributed by atoms with van der Waals surface area (Å²) < 4.78 is 11.7. The van der Waals surface area contributed by atoms with E-state index in [1.807, 2.05) is 6.07 Å². The van der Waals surface area contributed by atoms with Crippen LogP contribution in [0.4, 0.5) is 0 Å². The van der Waals surface area contributed by atoms with Crippen LogP contribution in [0.5, 0.6) is 11.5 Å². The van der Waals surface area contributed by atoms with Gasteiger partial charge in [-0.05, 0) is 88.6 Å². The molecule has 3 aromatic rings. The molecular weight excluding hydrogens is 472 g/mol. The molecule has 0 aliphatic carbocycles. The van der Waals surface area contributed by atoms with Gasteiger partial charge in [0.15, 0.2) is 0 Å². The van der Waals surface area contributed by atoms with Gasteiger partial charge in [-0.2, -0.15) is 5.10 Å².